The number of aliphatic carboxylic acids is 1. The van der Waals surface area contributed by atoms with Crippen LogP contribution in [0.3, 0.4) is 0 Å². The molecule has 0 amide bonds. The quantitative estimate of drug-likeness (QED) is 0.717. The van der Waals surface area contributed by atoms with Crippen molar-refractivity contribution >= 4 is 11.8 Å². The minimum atomic E-state index is -0.958. The SMILES string of the molecule is C=CCC(Nc1cc(OC(C)C)ncn1)C(=O)O. The number of carbonyl (C=O) groups is 1. The van der Waals surface area contributed by atoms with E-state index in [2.05, 4.69) is 21.9 Å². The van der Waals surface area contributed by atoms with E-state index in [1.54, 1.807) is 12.1 Å². The Hall–Kier alpha value is -2.11. The Morgan fingerprint density at radius 2 is 2.33 bits per heavy atom. The van der Waals surface area contributed by atoms with E-state index in [0.29, 0.717) is 18.1 Å². The molecule has 1 rings (SSSR count). The van der Waals surface area contributed by atoms with Crippen LogP contribution in [0.1, 0.15) is 20.3 Å². The van der Waals surface area contributed by atoms with Crippen molar-refractivity contribution in [1.29, 1.82) is 0 Å². The molecule has 98 valence electrons. The van der Waals surface area contributed by atoms with Crippen molar-refractivity contribution in [3.63, 3.8) is 0 Å². The van der Waals surface area contributed by atoms with Crippen molar-refractivity contribution in [1.82, 2.24) is 9.97 Å². The van der Waals surface area contributed by atoms with Gasteiger partial charge in [-0.3, -0.25) is 0 Å². The Morgan fingerprint density at radius 1 is 1.61 bits per heavy atom. The average molecular weight is 251 g/mol. The third kappa shape index (κ3) is 4.40. The van der Waals surface area contributed by atoms with E-state index in [9.17, 15) is 4.79 Å². The number of carboxylic acids is 1. The summed E-state index contributed by atoms with van der Waals surface area (Å²) in [4.78, 5) is 18.9. The number of hydrogen-bond acceptors (Lipinski definition) is 5. The van der Waals surface area contributed by atoms with Gasteiger partial charge in [0.2, 0.25) is 5.88 Å². The third-order valence-corrected chi connectivity index (χ3v) is 2.02. The fraction of sp³-hybridized carbons (Fsp3) is 0.417. The maximum absolute atomic E-state index is 11.0. The van der Waals surface area contributed by atoms with E-state index in [1.165, 1.54) is 6.33 Å². The summed E-state index contributed by atoms with van der Waals surface area (Å²) in [5, 5.41) is 11.8. The van der Waals surface area contributed by atoms with Crippen molar-refractivity contribution in [3.8, 4) is 5.88 Å². The molecule has 0 aliphatic heterocycles. The molecule has 1 heterocycles. The number of ether oxygens (including phenoxy) is 1. The number of aromatic nitrogens is 2. The van der Waals surface area contributed by atoms with Crippen LogP contribution in [0.5, 0.6) is 5.88 Å². The minimum Gasteiger partial charge on any atom is -0.480 e. The standard InChI is InChI=1S/C12H17N3O3/c1-4-5-9(12(16)17)15-10-6-11(14-7-13-10)18-8(2)3/h4,6-9H,1,5H2,2-3H3,(H,16,17)(H,13,14,15). The highest BCUT2D eigenvalue weighted by Crippen LogP contribution is 2.14. The number of hydrogen-bond donors (Lipinski definition) is 2. The van der Waals surface area contributed by atoms with Crippen LogP contribution in [0.15, 0.2) is 25.0 Å². The normalized spacial score (nSPS) is 11.9. The monoisotopic (exact) mass is 251 g/mol. The number of nitrogens with one attached hydrogen (secondary N) is 1. The van der Waals surface area contributed by atoms with Gasteiger partial charge in [-0.05, 0) is 20.3 Å². The molecule has 1 atom stereocenters. The predicted octanol–water partition coefficient (Wildman–Crippen LogP) is 1.70. The summed E-state index contributed by atoms with van der Waals surface area (Å²) in [6.45, 7) is 7.28. The lowest BCUT2D eigenvalue weighted by atomic mass is 10.2. The fourth-order valence-corrected chi connectivity index (χ4v) is 1.29. The molecule has 2 N–H and O–H groups in total. The maximum Gasteiger partial charge on any atom is 0.326 e. The van der Waals surface area contributed by atoms with Crippen LogP contribution in [0.4, 0.5) is 5.82 Å². The van der Waals surface area contributed by atoms with Gasteiger partial charge in [-0.1, -0.05) is 6.08 Å². The van der Waals surface area contributed by atoms with Gasteiger partial charge in [0.15, 0.2) is 0 Å². The van der Waals surface area contributed by atoms with Gasteiger partial charge in [-0.25, -0.2) is 14.8 Å². The molecular formula is C12H17N3O3. The largest absolute Gasteiger partial charge is 0.480 e. The van der Waals surface area contributed by atoms with Gasteiger partial charge in [0.25, 0.3) is 0 Å². The van der Waals surface area contributed by atoms with Crippen LogP contribution in [-0.2, 0) is 4.79 Å². The molecule has 18 heavy (non-hydrogen) atoms. The van der Waals surface area contributed by atoms with Crippen molar-refractivity contribution in [3.05, 3.63) is 25.0 Å². The lowest BCUT2D eigenvalue weighted by Crippen LogP contribution is -2.29. The number of rotatable bonds is 7. The molecule has 6 heteroatoms. The molecule has 0 spiro atoms. The van der Waals surface area contributed by atoms with Crippen molar-refractivity contribution in [2.45, 2.75) is 32.4 Å². The van der Waals surface area contributed by atoms with Gasteiger partial charge in [-0.15, -0.1) is 6.58 Å². The lowest BCUT2D eigenvalue weighted by Gasteiger charge is -2.14. The Morgan fingerprint density at radius 3 is 2.89 bits per heavy atom. The zero-order valence-electron chi connectivity index (χ0n) is 10.5. The van der Waals surface area contributed by atoms with Crippen LogP contribution in [0.25, 0.3) is 0 Å². The molecule has 0 aliphatic carbocycles. The van der Waals surface area contributed by atoms with Crippen LogP contribution in [0, 0.1) is 0 Å². The molecule has 0 bridgehead atoms. The smallest absolute Gasteiger partial charge is 0.326 e. The second-order valence-electron chi connectivity index (χ2n) is 3.97. The summed E-state index contributed by atoms with van der Waals surface area (Å²) in [5.74, 6) is -0.139. The zero-order chi connectivity index (χ0) is 13.5. The van der Waals surface area contributed by atoms with Gasteiger partial charge in [0.1, 0.15) is 18.2 Å². The Balaban J connectivity index is 2.76. The molecule has 0 fully saturated rings. The van der Waals surface area contributed by atoms with E-state index < -0.39 is 12.0 Å². The van der Waals surface area contributed by atoms with Crippen molar-refractivity contribution in [2.24, 2.45) is 0 Å². The number of anilines is 1. The molecule has 0 saturated heterocycles. The summed E-state index contributed by atoms with van der Waals surface area (Å²) in [6, 6.07) is 0.809. The first-order chi connectivity index (χ1) is 8.52. The van der Waals surface area contributed by atoms with E-state index in [4.69, 9.17) is 9.84 Å². The molecule has 0 radical (unpaired) electrons. The Bertz CT molecular complexity index is 421. The third-order valence-electron chi connectivity index (χ3n) is 2.02. The highest BCUT2D eigenvalue weighted by atomic mass is 16.5. The van der Waals surface area contributed by atoms with Crippen molar-refractivity contribution in [2.75, 3.05) is 5.32 Å². The van der Waals surface area contributed by atoms with Crippen LogP contribution in [0.2, 0.25) is 0 Å². The van der Waals surface area contributed by atoms with Gasteiger partial charge in [-0.2, -0.15) is 0 Å². The van der Waals surface area contributed by atoms with Crippen LogP contribution < -0.4 is 10.1 Å². The first-order valence-electron chi connectivity index (χ1n) is 5.62. The number of carboxylic acid groups (broad SMARTS) is 1. The molecule has 1 aromatic heterocycles. The van der Waals surface area contributed by atoms with E-state index in [-0.39, 0.29) is 6.10 Å². The Labute approximate surface area is 106 Å². The molecular weight excluding hydrogens is 234 g/mol. The van der Waals surface area contributed by atoms with Crippen molar-refractivity contribution < 1.29 is 14.6 Å². The summed E-state index contributed by atoms with van der Waals surface area (Å²) in [5.41, 5.74) is 0. The molecule has 6 nitrogen and oxygen atoms in total. The second-order valence-corrected chi connectivity index (χ2v) is 3.97. The highest BCUT2D eigenvalue weighted by Gasteiger charge is 2.16. The summed E-state index contributed by atoms with van der Waals surface area (Å²) >= 11 is 0. The van der Waals surface area contributed by atoms with E-state index in [0.717, 1.165) is 0 Å². The Kier molecular flexibility index (Phi) is 5.10. The van der Waals surface area contributed by atoms with E-state index in [1.807, 2.05) is 13.8 Å². The molecule has 1 unspecified atom stereocenters. The topological polar surface area (TPSA) is 84.3 Å². The van der Waals surface area contributed by atoms with Gasteiger partial charge in [0, 0.05) is 6.07 Å². The fourth-order valence-electron chi connectivity index (χ4n) is 1.29. The summed E-state index contributed by atoms with van der Waals surface area (Å²) < 4.78 is 5.40. The van der Waals surface area contributed by atoms with Crippen LogP contribution in [-0.4, -0.2) is 33.2 Å². The van der Waals surface area contributed by atoms with Gasteiger partial charge < -0.3 is 15.2 Å². The molecule has 1 aromatic rings. The van der Waals surface area contributed by atoms with Gasteiger partial charge in [0.05, 0.1) is 6.10 Å². The number of nitrogens with zero attached hydrogens (tertiary/aromatic N) is 2. The summed E-state index contributed by atoms with van der Waals surface area (Å²) in [7, 11) is 0. The van der Waals surface area contributed by atoms with E-state index >= 15 is 0 Å². The molecule has 0 saturated carbocycles. The molecule has 0 aromatic carbocycles. The molecule has 0 aliphatic rings. The first-order valence-corrected chi connectivity index (χ1v) is 5.62. The second kappa shape index (κ2) is 6.58. The summed E-state index contributed by atoms with van der Waals surface area (Å²) in [6.07, 6.45) is 3.17. The lowest BCUT2D eigenvalue weighted by molar-refractivity contribution is -0.137. The highest BCUT2D eigenvalue weighted by molar-refractivity contribution is 5.77. The van der Waals surface area contributed by atoms with Gasteiger partial charge >= 0.3 is 5.97 Å². The minimum absolute atomic E-state index is 0.00352. The zero-order valence-corrected chi connectivity index (χ0v) is 10.5. The predicted molar refractivity (Wildman–Crippen MR) is 67.7 cm³/mol. The average Bonchev–Trinajstić information content (AvgIpc) is 2.28. The first kappa shape index (κ1) is 14.0. The van der Waals surface area contributed by atoms with Crippen LogP contribution >= 0.6 is 0 Å². The maximum atomic E-state index is 11.0.